The molecule has 6 rings (SSSR count). The van der Waals surface area contributed by atoms with Gasteiger partial charge in [-0.2, -0.15) is 0 Å². The maximum absolute atomic E-state index is 13.9. The molecule has 6 heteroatoms. The van der Waals surface area contributed by atoms with Crippen LogP contribution >= 0.6 is 11.3 Å². The number of amides is 2. The van der Waals surface area contributed by atoms with Crippen molar-refractivity contribution < 1.29 is 4.79 Å². The molecule has 0 fully saturated rings. The number of aromatic nitrogens is 1. The Balaban J connectivity index is 1.43. The monoisotopic (exact) mass is 496 g/mol. The van der Waals surface area contributed by atoms with Crippen molar-refractivity contribution in [1.29, 1.82) is 0 Å². The van der Waals surface area contributed by atoms with Gasteiger partial charge in [0, 0.05) is 36.3 Å². The van der Waals surface area contributed by atoms with Crippen LogP contribution < -0.4 is 5.32 Å². The van der Waals surface area contributed by atoms with Gasteiger partial charge in [0.05, 0.1) is 18.3 Å². The number of carbonyl (C=O) groups is 1. The third-order valence-corrected chi connectivity index (χ3v) is 8.79. The summed E-state index contributed by atoms with van der Waals surface area (Å²) >= 11 is 1.90. The molecule has 36 heavy (non-hydrogen) atoms. The number of likely N-dealkylation sites (N-methyl/N-ethyl adjacent to an activating group) is 1. The fourth-order valence-corrected chi connectivity index (χ4v) is 6.93. The second-order valence-corrected chi connectivity index (χ2v) is 10.9. The van der Waals surface area contributed by atoms with E-state index in [0.717, 1.165) is 42.9 Å². The predicted octanol–water partition coefficient (Wildman–Crippen LogP) is 6.04. The molecule has 2 aliphatic heterocycles. The number of rotatable bonds is 4. The molecule has 0 unspecified atom stereocenters. The van der Waals surface area contributed by atoms with Crippen LogP contribution in [0.4, 0.5) is 4.79 Å². The van der Waals surface area contributed by atoms with Crippen LogP contribution in [0.2, 0.25) is 0 Å². The van der Waals surface area contributed by atoms with Crippen LogP contribution in [-0.4, -0.2) is 33.5 Å². The third-order valence-electron chi connectivity index (χ3n) is 7.53. The summed E-state index contributed by atoms with van der Waals surface area (Å²) in [7, 11) is 0. The Hall–Kier alpha value is -3.35. The van der Waals surface area contributed by atoms with Gasteiger partial charge in [0.2, 0.25) is 0 Å². The average Bonchev–Trinajstić information content (AvgIpc) is 3.50. The molecule has 4 aromatic rings. The van der Waals surface area contributed by atoms with Crippen molar-refractivity contribution in [2.24, 2.45) is 0 Å². The van der Waals surface area contributed by atoms with Gasteiger partial charge in [0.15, 0.2) is 0 Å². The summed E-state index contributed by atoms with van der Waals surface area (Å²) in [5.41, 5.74) is 7.35. The van der Waals surface area contributed by atoms with Gasteiger partial charge in [-0.1, -0.05) is 67.1 Å². The number of urea groups is 1. The third kappa shape index (κ3) is 4.14. The van der Waals surface area contributed by atoms with Crippen molar-refractivity contribution in [3.8, 4) is 5.00 Å². The largest absolute Gasteiger partial charge is 0.334 e. The van der Waals surface area contributed by atoms with E-state index in [2.05, 4.69) is 83.4 Å². The number of nitrogens with zero attached hydrogens (tertiary/aromatic N) is 3. The minimum Gasteiger partial charge on any atom is -0.334 e. The van der Waals surface area contributed by atoms with E-state index < -0.39 is 0 Å². The zero-order chi connectivity index (χ0) is 24.6. The minimum atomic E-state index is -0.164. The molecule has 1 atom stereocenters. The standard InChI is InChI=1S/C30H32N4OS/c1-3-32-17-15-24-25-19-34(30(35)31-18-22-8-5-4-6-9-22)28(23-13-11-21(2)12-14-23)26-10-7-16-33(26)29(25)36-27(24)20-32/h4-14,16,28H,3,15,17-20H2,1-2H3,(H,31,35)/t28-/m0/s1. The van der Waals surface area contributed by atoms with Crippen LogP contribution in [0.3, 0.4) is 0 Å². The van der Waals surface area contributed by atoms with Crippen molar-refractivity contribution in [2.45, 2.75) is 45.9 Å². The normalized spacial score (nSPS) is 17.2. The van der Waals surface area contributed by atoms with Crippen molar-refractivity contribution in [3.05, 3.63) is 111 Å². The molecule has 2 aliphatic rings. The van der Waals surface area contributed by atoms with Crippen LogP contribution in [0.15, 0.2) is 72.9 Å². The number of thiophene rings is 1. The van der Waals surface area contributed by atoms with E-state index in [0.29, 0.717) is 13.1 Å². The maximum Gasteiger partial charge on any atom is 0.318 e. The van der Waals surface area contributed by atoms with Gasteiger partial charge >= 0.3 is 6.03 Å². The number of benzene rings is 2. The van der Waals surface area contributed by atoms with Gasteiger partial charge in [0.1, 0.15) is 5.00 Å². The summed E-state index contributed by atoms with van der Waals surface area (Å²) in [6.07, 6.45) is 3.21. The lowest BCUT2D eigenvalue weighted by atomic mass is 9.99. The topological polar surface area (TPSA) is 40.5 Å². The van der Waals surface area contributed by atoms with Crippen LogP contribution in [0.25, 0.3) is 5.00 Å². The summed E-state index contributed by atoms with van der Waals surface area (Å²) in [5.74, 6) is 0. The Morgan fingerprint density at radius 2 is 1.81 bits per heavy atom. The summed E-state index contributed by atoms with van der Waals surface area (Å²) in [4.78, 5) is 19.9. The molecule has 184 valence electrons. The number of hydrogen-bond acceptors (Lipinski definition) is 3. The molecule has 2 amide bonds. The van der Waals surface area contributed by atoms with Gasteiger partial charge in [-0.15, -0.1) is 11.3 Å². The molecule has 2 aromatic carbocycles. The summed E-state index contributed by atoms with van der Waals surface area (Å²) in [6.45, 7) is 8.60. The van der Waals surface area contributed by atoms with Gasteiger partial charge in [0.25, 0.3) is 0 Å². The lowest BCUT2D eigenvalue weighted by Crippen LogP contribution is -2.42. The summed E-state index contributed by atoms with van der Waals surface area (Å²) in [6, 6.07) is 22.9. The first kappa shape index (κ1) is 23.1. The molecule has 0 saturated carbocycles. The van der Waals surface area contributed by atoms with E-state index >= 15 is 0 Å². The summed E-state index contributed by atoms with van der Waals surface area (Å²) in [5, 5.41) is 4.49. The molecule has 5 nitrogen and oxygen atoms in total. The van der Waals surface area contributed by atoms with Crippen LogP contribution in [0.1, 0.15) is 51.4 Å². The number of carbonyl (C=O) groups excluding carboxylic acids is 1. The van der Waals surface area contributed by atoms with Gasteiger partial charge < -0.3 is 14.8 Å². The highest BCUT2D eigenvalue weighted by molar-refractivity contribution is 7.15. The molecule has 0 spiro atoms. The second kappa shape index (κ2) is 9.60. The molecule has 0 radical (unpaired) electrons. The first-order chi connectivity index (χ1) is 17.6. The van der Waals surface area contributed by atoms with Crippen LogP contribution in [0, 0.1) is 6.92 Å². The fourth-order valence-electron chi connectivity index (χ4n) is 5.52. The number of fused-ring (bicyclic) bond motifs is 5. The van der Waals surface area contributed by atoms with Gasteiger partial charge in [-0.05, 0) is 48.7 Å². The predicted molar refractivity (Wildman–Crippen MR) is 146 cm³/mol. The van der Waals surface area contributed by atoms with E-state index in [4.69, 9.17) is 0 Å². The average molecular weight is 497 g/mol. The van der Waals surface area contributed by atoms with Crippen molar-refractivity contribution in [3.63, 3.8) is 0 Å². The van der Waals surface area contributed by atoms with Crippen molar-refractivity contribution in [2.75, 3.05) is 13.1 Å². The Morgan fingerprint density at radius 1 is 1.00 bits per heavy atom. The zero-order valence-corrected chi connectivity index (χ0v) is 21.7. The van der Waals surface area contributed by atoms with Crippen LogP contribution in [0.5, 0.6) is 0 Å². The van der Waals surface area contributed by atoms with Gasteiger partial charge in [-0.25, -0.2) is 4.79 Å². The molecule has 0 saturated heterocycles. The first-order valence-corrected chi connectivity index (χ1v) is 13.6. The highest BCUT2D eigenvalue weighted by atomic mass is 32.1. The Bertz CT molecular complexity index is 1370. The Morgan fingerprint density at radius 3 is 2.58 bits per heavy atom. The highest BCUT2D eigenvalue weighted by Crippen LogP contribution is 2.43. The number of hydrogen-bond donors (Lipinski definition) is 1. The number of aryl methyl sites for hydroxylation is 1. The van der Waals surface area contributed by atoms with E-state index in [1.54, 1.807) is 0 Å². The molecule has 0 bridgehead atoms. The molecular weight excluding hydrogens is 464 g/mol. The molecule has 1 N–H and O–H groups in total. The lowest BCUT2D eigenvalue weighted by molar-refractivity contribution is 0.179. The van der Waals surface area contributed by atoms with Crippen molar-refractivity contribution in [1.82, 2.24) is 19.7 Å². The molecule has 2 aromatic heterocycles. The minimum absolute atomic E-state index is 0.0315. The lowest BCUT2D eigenvalue weighted by Gasteiger charge is -2.32. The smallest absolute Gasteiger partial charge is 0.318 e. The first-order valence-electron chi connectivity index (χ1n) is 12.8. The fraction of sp³-hybridized carbons (Fsp3) is 0.300. The SMILES string of the molecule is CCN1CCc2c(sc3c2CN(C(=O)NCc2ccccc2)[C@@H](c2ccc(C)cc2)c2cccn2-3)C1. The molecular formula is C30H32N4OS. The van der Waals surface area contributed by atoms with Gasteiger partial charge in [-0.3, -0.25) is 4.90 Å². The summed E-state index contributed by atoms with van der Waals surface area (Å²) < 4.78 is 2.34. The second-order valence-electron chi connectivity index (χ2n) is 9.79. The Labute approximate surface area is 217 Å². The van der Waals surface area contributed by atoms with E-state index in [1.807, 2.05) is 34.4 Å². The molecule has 0 aliphatic carbocycles. The van der Waals surface area contributed by atoms with E-state index in [9.17, 15) is 4.79 Å². The maximum atomic E-state index is 13.9. The Kier molecular flexibility index (Phi) is 6.15. The van der Waals surface area contributed by atoms with E-state index in [-0.39, 0.29) is 12.1 Å². The highest BCUT2D eigenvalue weighted by Gasteiger charge is 2.36. The van der Waals surface area contributed by atoms with Crippen LogP contribution in [-0.2, 0) is 26.1 Å². The quantitative estimate of drug-likeness (QED) is 0.374. The number of nitrogens with one attached hydrogen (secondary N) is 1. The molecule has 4 heterocycles. The van der Waals surface area contributed by atoms with Crippen molar-refractivity contribution >= 4 is 17.4 Å². The zero-order valence-electron chi connectivity index (χ0n) is 20.9. The van der Waals surface area contributed by atoms with E-state index in [1.165, 1.54) is 26.6 Å².